The van der Waals surface area contributed by atoms with Crippen molar-refractivity contribution in [1.82, 2.24) is 5.32 Å². The predicted molar refractivity (Wildman–Crippen MR) is 82.0 cm³/mol. The van der Waals surface area contributed by atoms with Crippen LogP contribution in [0.15, 0.2) is 54.6 Å². The van der Waals surface area contributed by atoms with Gasteiger partial charge in [-0.25, -0.2) is 0 Å². The Balaban J connectivity index is 1.60. The Morgan fingerprint density at radius 2 is 1.80 bits per heavy atom. The number of rotatable bonds is 6. The van der Waals surface area contributed by atoms with Gasteiger partial charge in [-0.3, -0.25) is 0 Å². The second-order valence-electron chi connectivity index (χ2n) is 5.57. The van der Waals surface area contributed by atoms with Gasteiger partial charge in [-0.05, 0) is 55.5 Å². The minimum atomic E-state index is 0.619. The summed E-state index contributed by atoms with van der Waals surface area (Å²) in [5.74, 6) is 2.66. The monoisotopic (exact) mass is 267 g/mol. The van der Waals surface area contributed by atoms with Gasteiger partial charge in [0.2, 0.25) is 0 Å². The Morgan fingerprint density at radius 1 is 1.05 bits per heavy atom. The topological polar surface area (TPSA) is 21.3 Å². The van der Waals surface area contributed by atoms with Gasteiger partial charge in [0.1, 0.15) is 11.5 Å². The van der Waals surface area contributed by atoms with Crippen LogP contribution in [0.4, 0.5) is 0 Å². The van der Waals surface area contributed by atoms with Crippen molar-refractivity contribution in [1.29, 1.82) is 0 Å². The number of ether oxygens (including phenoxy) is 1. The first-order valence-corrected chi connectivity index (χ1v) is 7.36. The molecule has 0 aliphatic heterocycles. The van der Waals surface area contributed by atoms with E-state index in [-0.39, 0.29) is 0 Å². The van der Waals surface area contributed by atoms with E-state index in [0.717, 1.165) is 24.0 Å². The zero-order chi connectivity index (χ0) is 13.8. The fourth-order valence-electron chi connectivity index (χ4n) is 2.39. The molecule has 0 heterocycles. The smallest absolute Gasteiger partial charge is 0.127 e. The van der Waals surface area contributed by atoms with E-state index in [1.807, 2.05) is 36.4 Å². The van der Waals surface area contributed by atoms with Crippen LogP contribution in [0.1, 0.15) is 25.3 Å². The van der Waals surface area contributed by atoms with Crippen molar-refractivity contribution < 1.29 is 4.74 Å². The zero-order valence-electron chi connectivity index (χ0n) is 11.9. The van der Waals surface area contributed by atoms with Crippen molar-refractivity contribution in [3.05, 3.63) is 60.2 Å². The van der Waals surface area contributed by atoms with Crippen LogP contribution < -0.4 is 10.1 Å². The molecule has 1 saturated carbocycles. The third-order valence-electron chi connectivity index (χ3n) is 3.83. The van der Waals surface area contributed by atoms with Crippen LogP contribution >= 0.6 is 0 Å². The first-order chi connectivity index (χ1) is 9.81. The summed E-state index contributed by atoms with van der Waals surface area (Å²) in [7, 11) is 0. The highest BCUT2D eigenvalue weighted by molar-refractivity contribution is 5.33. The first kappa shape index (κ1) is 13.2. The molecule has 0 spiro atoms. The standard InChI is InChI=1S/C18H21NO/c1-14(16-10-11-16)19-13-15-6-5-9-18(12-15)20-17-7-3-2-4-8-17/h2-9,12,14,16,19H,10-11,13H2,1H3/t14-/m1/s1. The number of benzene rings is 2. The molecule has 1 aliphatic rings. The molecule has 2 aromatic rings. The lowest BCUT2D eigenvalue weighted by Gasteiger charge is -2.13. The van der Waals surface area contributed by atoms with E-state index in [9.17, 15) is 0 Å². The summed E-state index contributed by atoms with van der Waals surface area (Å²) in [6.07, 6.45) is 2.76. The highest BCUT2D eigenvalue weighted by atomic mass is 16.5. The van der Waals surface area contributed by atoms with E-state index in [1.165, 1.54) is 18.4 Å². The first-order valence-electron chi connectivity index (χ1n) is 7.36. The van der Waals surface area contributed by atoms with Gasteiger partial charge < -0.3 is 10.1 Å². The average molecular weight is 267 g/mol. The Bertz CT molecular complexity index is 548. The molecule has 0 radical (unpaired) electrons. The molecule has 20 heavy (non-hydrogen) atoms. The molecule has 0 unspecified atom stereocenters. The zero-order valence-corrected chi connectivity index (χ0v) is 11.9. The molecule has 1 fully saturated rings. The van der Waals surface area contributed by atoms with E-state index < -0.39 is 0 Å². The summed E-state index contributed by atoms with van der Waals surface area (Å²) in [5.41, 5.74) is 1.27. The number of hydrogen-bond acceptors (Lipinski definition) is 2. The third-order valence-corrected chi connectivity index (χ3v) is 3.83. The second-order valence-corrected chi connectivity index (χ2v) is 5.57. The van der Waals surface area contributed by atoms with Gasteiger partial charge in [-0.15, -0.1) is 0 Å². The molecule has 1 atom stereocenters. The van der Waals surface area contributed by atoms with E-state index in [1.54, 1.807) is 0 Å². The Hall–Kier alpha value is -1.80. The number of para-hydroxylation sites is 1. The maximum absolute atomic E-state index is 5.86. The Kier molecular flexibility index (Phi) is 4.03. The third kappa shape index (κ3) is 3.61. The lowest BCUT2D eigenvalue weighted by molar-refractivity contribution is 0.477. The van der Waals surface area contributed by atoms with Gasteiger partial charge in [0.25, 0.3) is 0 Å². The molecule has 3 rings (SSSR count). The number of nitrogens with one attached hydrogen (secondary N) is 1. The van der Waals surface area contributed by atoms with Crippen LogP contribution in [-0.4, -0.2) is 6.04 Å². The lowest BCUT2D eigenvalue weighted by Crippen LogP contribution is -2.27. The molecule has 2 nitrogen and oxygen atoms in total. The quantitative estimate of drug-likeness (QED) is 0.839. The largest absolute Gasteiger partial charge is 0.457 e. The highest BCUT2D eigenvalue weighted by Crippen LogP contribution is 2.32. The fraction of sp³-hybridized carbons (Fsp3) is 0.333. The van der Waals surface area contributed by atoms with Crippen LogP contribution in [-0.2, 0) is 6.54 Å². The van der Waals surface area contributed by atoms with Crippen LogP contribution in [0.5, 0.6) is 11.5 Å². The van der Waals surface area contributed by atoms with E-state index in [2.05, 4.69) is 30.4 Å². The minimum Gasteiger partial charge on any atom is -0.457 e. The maximum Gasteiger partial charge on any atom is 0.127 e. The van der Waals surface area contributed by atoms with Crippen LogP contribution in [0, 0.1) is 5.92 Å². The van der Waals surface area contributed by atoms with Crippen LogP contribution in [0.25, 0.3) is 0 Å². The molecular formula is C18H21NO. The Morgan fingerprint density at radius 3 is 2.55 bits per heavy atom. The lowest BCUT2D eigenvalue weighted by atomic mass is 10.1. The van der Waals surface area contributed by atoms with Gasteiger partial charge in [-0.2, -0.15) is 0 Å². The minimum absolute atomic E-state index is 0.619. The summed E-state index contributed by atoms with van der Waals surface area (Å²) in [5, 5.41) is 3.60. The summed E-state index contributed by atoms with van der Waals surface area (Å²) in [6, 6.07) is 18.8. The van der Waals surface area contributed by atoms with Gasteiger partial charge in [-0.1, -0.05) is 30.3 Å². The SMILES string of the molecule is C[C@@H](NCc1cccc(Oc2ccccc2)c1)C1CC1. The normalized spacial score (nSPS) is 15.8. The van der Waals surface area contributed by atoms with Crippen molar-refractivity contribution in [2.45, 2.75) is 32.4 Å². The molecule has 0 amide bonds. The van der Waals surface area contributed by atoms with E-state index in [0.29, 0.717) is 6.04 Å². The molecule has 2 heteroatoms. The van der Waals surface area contributed by atoms with Crippen molar-refractivity contribution in [2.75, 3.05) is 0 Å². The summed E-state index contributed by atoms with van der Waals surface area (Å²) < 4.78 is 5.86. The molecule has 104 valence electrons. The summed E-state index contributed by atoms with van der Waals surface area (Å²) in [6.45, 7) is 3.19. The maximum atomic E-state index is 5.86. The molecule has 0 bridgehead atoms. The highest BCUT2D eigenvalue weighted by Gasteiger charge is 2.27. The van der Waals surface area contributed by atoms with Crippen LogP contribution in [0.2, 0.25) is 0 Å². The molecule has 1 N–H and O–H groups in total. The van der Waals surface area contributed by atoms with E-state index in [4.69, 9.17) is 4.74 Å². The molecule has 2 aromatic carbocycles. The molecule has 0 saturated heterocycles. The Labute approximate surface area is 120 Å². The summed E-state index contributed by atoms with van der Waals surface area (Å²) >= 11 is 0. The van der Waals surface area contributed by atoms with Gasteiger partial charge >= 0.3 is 0 Å². The molecule has 0 aromatic heterocycles. The average Bonchev–Trinajstić information content (AvgIpc) is 3.31. The second kappa shape index (κ2) is 6.10. The van der Waals surface area contributed by atoms with E-state index >= 15 is 0 Å². The summed E-state index contributed by atoms with van der Waals surface area (Å²) in [4.78, 5) is 0. The molecular weight excluding hydrogens is 246 g/mol. The van der Waals surface area contributed by atoms with Gasteiger partial charge in [0, 0.05) is 12.6 Å². The van der Waals surface area contributed by atoms with Crippen molar-refractivity contribution in [3.63, 3.8) is 0 Å². The number of hydrogen-bond donors (Lipinski definition) is 1. The van der Waals surface area contributed by atoms with Crippen molar-refractivity contribution >= 4 is 0 Å². The van der Waals surface area contributed by atoms with Crippen molar-refractivity contribution in [3.8, 4) is 11.5 Å². The molecule has 1 aliphatic carbocycles. The van der Waals surface area contributed by atoms with Gasteiger partial charge in [0.15, 0.2) is 0 Å². The predicted octanol–water partition coefficient (Wildman–Crippen LogP) is 4.37. The fourth-order valence-corrected chi connectivity index (χ4v) is 2.39. The van der Waals surface area contributed by atoms with Crippen LogP contribution in [0.3, 0.4) is 0 Å². The van der Waals surface area contributed by atoms with Gasteiger partial charge in [0.05, 0.1) is 0 Å². The van der Waals surface area contributed by atoms with Crippen molar-refractivity contribution in [2.24, 2.45) is 5.92 Å².